The number of rotatable bonds is 5. The molecule has 1 fully saturated rings. The molecule has 1 aliphatic carbocycles. The van der Waals surface area contributed by atoms with Crippen molar-refractivity contribution in [2.24, 2.45) is 5.73 Å². The first-order valence-corrected chi connectivity index (χ1v) is 7.03. The Morgan fingerprint density at radius 3 is 2.85 bits per heavy atom. The molecule has 20 heavy (non-hydrogen) atoms. The summed E-state index contributed by atoms with van der Waals surface area (Å²) in [7, 11) is 0. The van der Waals surface area contributed by atoms with Crippen LogP contribution in [-0.4, -0.2) is 18.6 Å². The van der Waals surface area contributed by atoms with Crippen LogP contribution in [0.25, 0.3) is 0 Å². The third-order valence-corrected chi connectivity index (χ3v) is 3.54. The Kier molecular flexibility index (Phi) is 4.95. The van der Waals surface area contributed by atoms with Crippen molar-refractivity contribution in [3.63, 3.8) is 0 Å². The maximum absolute atomic E-state index is 13.2. The van der Waals surface area contributed by atoms with Crippen LogP contribution in [0, 0.1) is 5.82 Å². The van der Waals surface area contributed by atoms with E-state index in [4.69, 9.17) is 10.5 Å². The first kappa shape index (κ1) is 14.8. The summed E-state index contributed by atoms with van der Waals surface area (Å²) in [6, 6.07) is 4.08. The molecule has 1 atom stereocenters. The van der Waals surface area contributed by atoms with Crippen molar-refractivity contribution in [3.05, 3.63) is 29.6 Å². The summed E-state index contributed by atoms with van der Waals surface area (Å²) in [4.78, 5) is 11.8. The zero-order chi connectivity index (χ0) is 14.5. The molecule has 5 heteroatoms. The van der Waals surface area contributed by atoms with Crippen LogP contribution in [0.4, 0.5) is 4.39 Å². The molecule has 0 spiro atoms. The van der Waals surface area contributed by atoms with E-state index in [1.807, 2.05) is 0 Å². The maximum atomic E-state index is 13.2. The fourth-order valence-corrected chi connectivity index (χ4v) is 2.49. The lowest BCUT2D eigenvalue weighted by molar-refractivity contribution is -0.123. The lowest BCUT2D eigenvalue weighted by atomic mass is 10.1. The quantitative estimate of drug-likeness (QED) is 0.869. The van der Waals surface area contributed by atoms with Crippen molar-refractivity contribution in [2.45, 2.75) is 44.7 Å². The predicted molar refractivity (Wildman–Crippen MR) is 74.9 cm³/mol. The molecule has 0 radical (unpaired) electrons. The van der Waals surface area contributed by atoms with Crippen LogP contribution in [0.15, 0.2) is 18.2 Å². The van der Waals surface area contributed by atoms with Crippen molar-refractivity contribution >= 4 is 5.91 Å². The second kappa shape index (κ2) is 6.70. The zero-order valence-corrected chi connectivity index (χ0v) is 11.7. The maximum Gasteiger partial charge on any atom is 0.258 e. The normalized spacial score (nSPS) is 16.9. The fourth-order valence-electron chi connectivity index (χ4n) is 2.49. The monoisotopic (exact) mass is 280 g/mol. The Labute approximate surface area is 118 Å². The van der Waals surface area contributed by atoms with Crippen molar-refractivity contribution in [2.75, 3.05) is 6.61 Å². The average Bonchev–Trinajstić information content (AvgIpc) is 2.90. The van der Waals surface area contributed by atoms with Crippen LogP contribution in [-0.2, 0) is 4.79 Å². The first-order chi connectivity index (χ1) is 9.56. The average molecular weight is 280 g/mol. The molecule has 0 unspecified atom stereocenters. The molecule has 1 aliphatic rings. The minimum atomic E-state index is -0.361. The van der Waals surface area contributed by atoms with Gasteiger partial charge in [0.2, 0.25) is 0 Å². The summed E-state index contributed by atoms with van der Waals surface area (Å²) in [6.45, 7) is 1.68. The van der Waals surface area contributed by atoms with Gasteiger partial charge in [0.1, 0.15) is 11.6 Å². The van der Waals surface area contributed by atoms with E-state index < -0.39 is 0 Å². The molecule has 1 aromatic carbocycles. The van der Waals surface area contributed by atoms with Crippen LogP contribution in [0.2, 0.25) is 0 Å². The van der Waals surface area contributed by atoms with E-state index in [0.29, 0.717) is 11.3 Å². The number of nitrogens with one attached hydrogen (secondary N) is 1. The zero-order valence-electron chi connectivity index (χ0n) is 11.7. The summed E-state index contributed by atoms with van der Waals surface area (Å²) in [5, 5.41) is 2.94. The molecule has 0 aliphatic heterocycles. The van der Waals surface area contributed by atoms with Crippen LogP contribution in [0.5, 0.6) is 5.75 Å². The van der Waals surface area contributed by atoms with E-state index in [0.717, 1.165) is 12.8 Å². The molecule has 3 N–H and O–H groups in total. The topological polar surface area (TPSA) is 64.3 Å². The fraction of sp³-hybridized carbons (Fsp3) is 0.533. The smallest absolute Gasteiger partial charge is 0.258 e. The lowest BCUT2D eigenvalue weighted by Gasteiger charge is -2.15. The standard InChI is InChI=1S/C15H21FN2O2/c1-10(17)13-8-11(16)6-7-14(13)20-9-15(19)18-12-4-2-3-5-12/h6-8,10,12H,2-5,9,17H2,1H3,(H,18,19)/t10-/m0/s1. The van der Waals surface area contributed by atoms with Gasteiger partial charge in [-0.3, -0.25) is 4.79 Å². The van der Waals surface area contributed by atoms with Crippen molar-refractivity contribution in [1.29, 1.82) is 0 Å². The number of halogens is 1. The van der Waals surface area contributed by atoms with Gasteiger partial charge in [0.15, 0.2) is 6.61 Å². The highest BCUT2D eigenvalue weighted by Gasteiger charge is 2.18. The number of nitrogens with two attached hydrogens (primary N) is 1. The molecular weight excluding hydrogens is 259 g/mol. The Morgan fingerprint density at radius 1 is 1.50 bits per heavy atom. The number of carbonyl (C=O) groups excluding carboxylic acids is 1. The van der Waals surface area contributed by atoms with E-state index in [1.165, 1.54) is 31.0 Å². The predicted octanol–water partition coefficient (Wildman–Crippen LogP) is 2.28. The van der Waals surface area contributed by atoms with Gasteiger partial charge in [-0.15, -0.1) is 0 Å². The summed E-state index contributed by atoms with van der Waals surface area (Å²) in [5.41, 5.74) is 6.34. The van der Waals surface area contributed by atoms with E-state index in [2.05, 4.69) is 5.32 Å². The molecule has 1 saturated carbocycles. The highest BCUT2D eigenvalue weighted by Crippen LogP contribution is 2.24. The number of benzene rings is 1. The molecule has 2 rings (SSSR count). The molecule has 4 nitrogen and oxygen atoms in total. The van der Waals surface area contributed by atoms with Crippen molar-refractivity contribution in [3.8, 4) is 5.75 Å². The number of carbonyl (C=O) groups is 1. The van der Waals surface area contributed by atoms with Gasteiger partial charge in [-0.25, -0.2) is 4.39 Å². The van der Waals surface area contributed by atoms with Crippen LogP contribution < -0.4 is 15.8 Å². The van der Waals surface area contributed by atoms with Gasteiger partial charge < -0.3 is 15.8 Å². The van der Waals surface area contributed by atoms with E-state index >= 15 is 0 Å². The number of ether oxygens (including phenoxy) is 1. The molecular formula is C15H21FN2O2. The Hall–Kier alpha value is -1.62. The third-order valence-electron chi connectivity index (χ3n) is 3.54. The molecule has 0 heterocycles. The van der Waals surface area contributed by atoms with Crippen molar-refractivity contribution < 1.29 is 13.9 Å². The Balaban J connectivity index is 1.91. The Bertz CT molecular complexity index is 471. The summed E-state index contributed by atoms with van der Waals surface area (Å²) in [5.74, 6) is -0.0418. The Morgan fingerprint density at radius 2 is 2.20 bits per heavy atom. The van der Waals surface area contributed by atoms with E-state index in [1.54, 1.807) is 6.92 Å². The number of hydrogen-bond donors (Lipinski definition) is 2. The minimum absolute atomic E-state index is 0.0676. The van der Waals surface area contributed by atoms with Crippen LogP contribution in [0.1, 0.15) is 44.2 Å². The largest absolute Gasteiger partial charge is 0.483 e. The minimum Gasteiger partial charge on any atom is -0.483 e. The van der Waals surface area contributed by atoms with Gasteiger partial charge >= 0.3 is 0 Å². The van der Waals surface area contributed by atoms with Crippen LogP contribution in [0.3, 0.4) is 0 Å². The van der Waals surface area contributed by atoms with Gasteiger partial charge in [-0.1, -0.05) is 12.8 Å². The van der Waals surface area contributed by atoms with Gasteiger partial charge in [-0.05, 0) is 38.0 Å². The number of amides is 1. The van der Waals surface area contributed by atoms with E-state index in [-0.39, 0.29) is 30.4 Å². The summed E-state index contributed by atoms with van der Waals surface area (Å²) in [6.07, 6.45) is 4.40. The molecule has 110 valence electrons. The molecule has 0 bridgehead atoms. The van der Waals surface area contributed by atoms with Gasteiger partial charge in [0.25, 0.3) is 5.91 Å². The van der Waals surface area contributed by atoms with E-state index in [9.17, 15) is 9.18 Å². The molecule has 0 aromatic heterocycles. The van der Waals surface area contributed by atoms with Gasteiger partial charge in [0.05, 0.1) is 0 Å². The lowest BCUT2D eigenvalue weighted by Crippen LogP contribution is -2.36. The van der Waals surface area contributed by atoms with Gasteiger partial charge in [-0.2, -0.15) is 0 Å². The van der Waals surface area contributed by atoms with Gasteiger partial charge in [0, 0.05) is 17.6 Å². The molecule has 0 saturated heterocycles. The summed E-state index contributed by atoms with van der Waals surface area (Å²) < 4.78 is 18.7. The van der Waals surface area contributed by atoms with Crippen LogP contribution >= 0.6 is 0 Å². The third kappa shape index (κ3) is 3.93. The SMILES string of the molecule is C[C@H](N)c1cc(F)ccc1OCC(=O)NC1CCCC1. The second-order valence-electron chi connectivity index (χ2n) is 5.31. The highest BCUT2D eigenvalue weighted by atomic mass is 19.1. The second-order valence-corrected chi connectivity index (χ2v) is 5.31. The first-order valence-electron chi connectivity index (χ1n) is 7.03. The highest BCUT2D eigenvalue weighted by molar-refractivity contribution is 5.77. The molecule has 1 amide bonds. The molecule has 1 aromatic rings. The summed E-state index contributed by atoms with van der Waals surface area (Å²) >= 11 is 0. The van der Waals surface area contributed by atoms with Crippen molar-refractivity contribution in [1.82, 2.24) is 5.32 Å². The number of hydrogen-bond acceptors (Lipinski definition) is 3.